The number of carboxylic acid groups (broad SMARTS) is 1. The molecule has 1 unspecified atom stereocenters. The predicted molar refractivity (Wildman–Crippen MR) is 83.3 cm³/mol. The molecular weight excluding hydrogens is 268 g/mol. The van der Waals surface area contributed by atoms with Crippen LogP contribution in [-0.4, -0.2) is 11.1 Å². The van der Waals surface area contributed by atoms with E-state index in [9.17, 15) is 9.90 Å². The van der Waals surface area contributed by atoms with Crippen LogP contribution in [0.3, 0.4) is 0 Å². The van der Waals surface area contributed by atoms with Crippen molar-refractivity contribution in [2.45, 2.75) is 30.9 Å². The summed E-state index contributed by atoms with van der Waals surface area (Å²) in [6, 6.07) is 13.6. The van der Waals surface area contributed by atoms with Crippen molar-refractivity contribution in [2.24, 2.45) is 0 Å². The molecule has 0 bridgehead atoms. The lowest BCUT2D eigenvalue weighted by atomic mass is 10.1. The Kier molecular flexibility index (Phi) is 4.50. The zero-order valence-electron chi connectivity index (χ0n) is 11.9. The van der Waals surface area contributed by atoms with Gasteiger partial charge in [0.15, 0.2) is 0 Å². The van der Waals surface area contributed by atoms with Crippen LogP contribution in [0.5, 0.6) is 0 Å². The first kappa shape index (κ1) is 14.7. The summed E-state index contributed by atoms with van der Waals surface area (Å²) in [5.41, 5.74) is 4.30. The van der Waals surface area contributed by atoms with Crippen molar-refractivity contribution < 1.29 is 9.90 Å². The van der Waals surface area contributed by atoms with Crippen LogP contribution in [0.4, 0.5) is 0 Å². The van der Waals surface area contributed by atoms with Gasteiger partial charge >= 0.3 is 5.97 Å². The van der Waals surface area contributed by atoms with E-state index in [1.54, 1.807) is 0 Å². The second-order valence-corrected chi connectivity index (χ2v) is 6.09. The Hall–Kier alpha value is -1.74. The number of benzene rings is 2. The third-order valence-corrected chi connectivity index (χ3v) is 4.76. The Morgan fingerprint density at radius 3 is 2.10 bits per heavy atom. The monoisotopic (exact) mass is 286 g/mol. The summed E-state index contributed by atoms with van der Waals surface area (Å²) in [5.74, 6) is -0.805. The van der Waals surface area contributed by atoms with Crippen LogP contribution in [0.15, 0.2) is 47.4 Å². The number of aryl methyl sites for hydroxylation is 3. The molecule has 0 amide bonds. The Bertz CT molecular complexity index is 597. The smallest absolute Gasteiger partial charge is 0.321 e. The van der Waals surface area contributed by atoms with Gasteiger partial charge in [-0.15, -0.1) is 11.8 Å². The van der Waals surface area contributed by atoms with E-state index in [0.29, 0.717) is 0 Å². The van der Waals surface area contributed by atoms with Crippen LogP contribution in [-0.2, 0) is 4.79 Å². The summed E-state index contributed by atoms with van der Waals surface area (Å²) in [4.78, 5) is 12.6. The second-order valence-electron chi connectivity index (χ2n) is 4.97. The van der Waals surface area contributed by atoms with Crippen molar-refractivity contribution in [3.8, 4) is 0 Å². The average Bonchev–Trinajstić information content (AvgIpc) is 2.38. The molecule has 1 atom stereocenters. The lowest BCUT2D eigenvalue weighted by Gasteiger charge is -2.16. The highest BCUT2D eigenvalue weighted by atomic mass is 32.2. The van der Waals surface area contributed by atoms with Crippen LogP contribution in [0.25, 0.3) is 0 Å². The molecule has 0 spiro atoms. The zero-order chi connectivity index (χ0) is 14.7. The molecule has 0 saturated heterocycles. The number of rotatable bonds is 4. The molecule has 0 radical (unpaired) electrons. The maximum atomic E-state index is 11.6. The predicted octanol–water partition coefficient (Wildman–Crippen LogP) is 4.53. The first-order chi connectivity index (χ1) is 9.49. The Balaban J connectivity index is 2.38. The SMILES string of the molecule is Cc1cc(C)c(SC(C(=O)O)c2ccccc2)c(C)c1. The Morgan fingerprint density at radius 2 is 1.60 bits per heavy atom. The van der Waals surface area contributed by atoms with Crippen molar-refractivity contribution in [3.05, 3.63) is 64.7 Å². The van der Waals surface area contributed by atoms with Crippen LogP contribution >= 0.6 is 11.8 Å². The number of hydrogen-bond acceptors (Lipinski definition) is 2. The van der Waals surface area contributed by atoms with Gasteiger partial charge in [0.1, 0.15) is 5.25 Å². The van der Waals surface area contributed by atoms with Gasteiger partial charge in [-0.05, 0) is 37.5 Å². The van der Waals surface area contributed by atoms with Gasteiger partial charge in [-0.25, -0.2) is 0 Å². The summed E-state index contributed by atoms with van der Waals surface area (Å²) in [5, 5.41) is 8.93. The van der Waals surface area contributed by atoms with Gasteiger partial charge in [-0.1, -0.05) is 48.0 Å². The molecule has 0 heterocycles. The number of carboxylic acids is 1. The Labute approximate surface area is 123 Å². The molecule has 0 aliphatic carbocycles. The molecule has 2 aromatic carbocycles. The topological polar surface area (TPSA) is 37.3 Å². The summed E-state index contributed by atoms with van der Waals surface area (Å²) < 4.78 is 0. The van der Waals surface area contributed by atoms with Gasteiger partial charge in [-0.3, -0.25) is 4.79 Å². The highest BCUT2D eigenvalue weighted by Gasteiger charge is 2.22. The first-order valence-corrected chi connectivity index (χ1v) is 7.39. The van der Waals surface area contributed by atoms with Gasteiger partial charge in [0.2, 0.25) is 0 Å². The third kappa shape index (κ3) is 3.23. The maximum absolute atomic E-state index is 11.6. The molecular formula is C17H18O2S. The van der Waals surface area contributed by atoms with Crippen molar-refractivity contribution in [1.29, 1.82) is 0 Å². The molecule has 2 aromatic rings. The standard InChI is InChI=1S/C17H18O2S/c1-11-9-12(2)15(13(3)10-11)20-16(17(18)19)14-7-5-4-6-8-14/h4-10,16H,1-3H3,(H,18,19). The fourth-order valence-corrected chi connectivity index (χ4v) is 3.48. The Morgan fingerprint density at radius 1 is 1.05 bits per heavy atom. The highest BCUT2D eigenvalue weighted by molar-refractivity contribution is 8.00. The van der Waals surface area contributed by atoms with Crippen molar-refractivity contribution in [3.63, 3.8) is 0 Å². The molecule has 0 aliphatic heterocycles. The third-order valence-electron chi connectivity index (χ3n) is 3.17. The normalized spacial score (nSPS) is 12.2. The summed E-state index contributed by atoms with van der Waals surface area (Å²) in [6.07, 6.45) is 0. The zero-order valence-corrected chi connectivity index (χ0v) is 12.7. The maximum Gasteiger partial charge on any atom is 0.321 e. The van der Waals surface area contributed by atoms with Crippen molar-refractivity contribution in [2.75, 3.05) is 0 Å². The van der Waals surface area contributed by atoms with E-state index in [1.807, 2.05) is 44.2 Å². The number of aliphatic carboxylic acids is 1. The molecule has 2 nitrogen and oxygen atoms in total. The van der Waals surface area contributed by atoms with E-state index >= 15 is 0 Å². The van der Waals surface area contributed by atoms with Gasteiger partial charge in [0, 0.05) is 4.90 Å². The fraction of sp³-hybridized carbons (Fsp3) is 0.235. The van der Waals surface area contributed by atoms with E-state index in [-0.39, 0.29) is 0 Å². The van der Waals surface area contributed by atoms with E-state index in [2.05, 4.69) is 19.1 Å². The molecule has 20 heavy (non-hydrogen) atoms. The number of carbonyl (C=O) groups is 1. The molecule has 0 aliphatic rings. The lowest BCUT2D eigenvalue weighted by molar-refractivity contribution is -0.136. The molecule has 0 aromatic heterocycles. The van der Waals surface area contributed by atoms with E-state index < -0.39 is 11.2 Å². The number of thioether (sulfide) groups is 1. The van der Waals surface area contributed by atoms with Gasteiger partial charge < -0.3 is 5.11 Å². The molecule has 1 N–H and O–H groups in total. The average molecular weight is 286 g/mol. The summed E-state index contributed by atoms with van der Waals surface area (Å²) in [6.45, 7) is 6.12. The van der Waals surface area contributed by atoms with E-state index in [4.69, 9.17) is 0 Å². The number of hydrogen-bond donors (Lipinski definition) is 1. The molecule has 0 fully saturated rings. The second kappa shape index (κ2) is 6.14. The largest absolute Gasteiger partial charge is 0.480 e. The highest BCUT2D eigenvalue weighted by Crippen LogP contribution is 2.39. The van der Waals surface area contributed by atoms with Crippen LogP contribution < -0.4 is 0 Å². The van der Waals surface area contributed by atoms with E-state index in [0.717, 1.165) is 21.6 Å². The van der Waals surface area contributed by atoms with Gasteiger partial charge in [0.05, 0.1) is 0 Å². The first-order valence-electron chi connectivity index (χ1n) is 6.51. The quantitative estimate of drug-likeness (QED) is 0.839. The summed E-state index contributed by atoms with van der Waals surface area (Å²) >= 11 is 1.41. The fourth-order valence-electron chi connectivity index (χ4n) is 2.36. The van der Waals surface area contributed by atoms with Crippen molar-refractivity contribution >= 4 is 17.7 Å². The lowest BCUT2D eigenvalue weighted by Crippen LogP contribution is -2.08. The van der Waals surface area contributed by atoms with Gasteiger partial charge in [0.25, 0.3) is 0 Å². The van der Waals surface area contributed by atoms with Crippen LogP contribution in [0.1, 0.15) is 27.5 Å². The van der Waals surface area contributed by atoms with Crippen LogP contribution in [0, 0.1) is 20.8 Å². The molecule has 0 saturated carbocycles. The minimum atomic E-state index is -0.805. The van der Waals surface area contributed by atoms with Crippen molar-refractivity contribution in [1.82, 2.24) is 0 Å². The minimum absolute atomic E-state index is 0.573. The molecule has 3 heteroatoms. The summed E-state index contributed by atoms with van der Waals surface area (Å²) in [7, 11) is 0. The molecule has 104 valence electrons. The molecule has 2 rings (SSSR count). The minimum Gasteiger partial charge on any atom is -0.480 e. The van der Waals surface area contributed by atoms with E-state index in [1.165, 1.54) is 17.3 Å². The van der Waals surface area contributed by atoms with Crippen LogP contribution in [0.2, 0.25) is 0 Å². The van der Waals surface area contributed by atoms with Gasteiger partial charge in [-0.2, -0.15) is 0 Å².